The lowest BCUT2D eigenvalue weighted by molar-refractivity contribution is 0.00616. The molecule has 6 nitrogen and oxygen atoms in total. The third-order valence-corrected chi connectivity index (χ3v) is 8.17. The number of hydrogen-bond acceptors (Lipinski definition) is 5. The minimum Gasteiger partial charge on any atom is -0.456 e. The third kappa shape index (κ3) is 9.96. The molecule has 2 fully saturated rings. The maximum absolute atomic E-state index is 13.4. The topological polar surface area (TPSA) is 67.9 Å². The summed E-state index contributed by atoms with van der Waals surface area (Å²) in [5.41, 5.74) is 3.16. The molecule has 0 aliphatic heterocycles. The Balaban J connectivity index is 1.36. The molecule has 234 valence electrons. The van der Waals surface area contributed by atoms with E-state index in [1.807, 2.05) is 58.6 Å². The molecule has 0 radical (unpaired) electrons. The first-order valence-corrected chi connectivity index (χ1v) is 16.0. The predicted molar refractivity (Wildman–Crippen MR) is 174 cm³/mol. The molecule has 0 saturated heterocycles. The zero-order chi connectivity index (χ0) is 31.4. The van der Waals surface area contributed by atoms with Crippen LogP contribution in [-0.2, 0) is 16.0 Å². The Hall–Kier alpha value is -3.12. The van der Waals surface area contributed by atoms with Crippen molar-refractivity contribution in [3.8, 4) is 0 Å². The number of rotatable bonds is 9. The second kappa shape index (κ2) is 13.7. The maximum Gasteiger partial charge on any atom is 0.410 e. The predicted octanol–water partition coefficient (Wildman–Crippen LogP) is 8.41. The summed E-state index contributed by atoms with van der Waals surface area (Å²) in [6.45, 7) is 16.3. The fourth-order valence-corrected chi connectivity index (χ4v) is 5.99. The van der Waals surface area contributed by atoms with Crippen molar-refractivity contribution >= 4 is 18.1 Å². The quantitative estimate of drug-likeness (QED) is 0.298. The highest BCUT2D eigenvalue weighted by Gasteiger charge is 2.42. The van der Waals surface area contributed by atoms with Gasteiger partial charge in [0.1, 0.15) is 11.2 Å². The summed E-state index contributed by atoms with van der Waals surface area (Å²) in [7, 11) is 0. The van der Waals surface area contributed by atoms with Crippen LogP contribution in [-0.4, -0.2) is 46.3 Å². The molecule has 2 aliphatic rings. The fraction of sp³-hybridized carbons (Fsp3) is 0.568. The van der Waals surface area contributed by atoms with Crippen LogP contribution in [0.3, 0.4) is 0 Å². The van der Waals surface area contributed by atoms with Gasteiger partial charge in [-0.25, -0.2) is 9.59 Å². The van der Waals surface area contributed by atoms with Crippen LogP contribution in [0.5, 0.6) is 0 Å². The average Bonchev–Trinajstić information content (AvgIpc) is 3.68. The van der Waals surface area contributed by atoms with Gasteiger partial charge in [0, 0.05) is 24.7 Å². The Labute approximate surface area is 259 Å². The Morgan fingerprint density at radius 1 is 0.884 bits per heavy atom. The summed E-state index contributed by atoms with van der Waals surface area (Å²) in [5.74, 6) is 0.774. The molecule has 1 N–H and O–H groups in total. The van der Waals surface area contributed by atoms with Crippen LogP contribution in [0.15, 0.2) is 60.2 Å². The molecule has 0 aromatic heterocycles. The van der Waals surface area contributed by atoms with Gasteiger partial charge in [-0.3, -0.25) is 0 Å². The van der Waals surface area contributed by atoms with E-state index in [0.717, 1.165) is 31.2 Å². The van der Waals surface area contributed by atoms with Crippen molar-refractivity contribution in [3.63, 3.8) is 0 Å². The van der Waals surface area contributed by atoms with E-state index in [1.54, 1.807) is 12.1 Å². The third-order valence-electron chi connectivity index (χ3n) is 8.17. The van der Waals surface area contributed by atoms with E-state index in [4.69, 9.17) is 9.47 Å². The molecule has 2 aliphatic carbocycles. The number of carbonyl (C=O) groups is 2. The van der Waals surface area contributed by atoms with Crippen LogP contribution in [0, 0.1) is 11.8 Å². The summed E-state index contributed by atoms with van der Waals surface area (Å²) < 4.78 is 11.3. The molecule has 0 heterocycles. The van der Waals surface area contributed by atoms with Crippen molar-refractivity contribution in [2.45, 2.75) is 123 Å². The molecule has 6 heteroatoms. The van der Waals surface area contributed by atoms with Crippen LogP contribution in [0.25, 0.3) is 6.08 Å². The van der Waals surface area contributed by atoms with Crippen molar-refractivity contribution in [3.05, 3.63) is 76.9 Å². The average molecular weight is 589 g/mol. The molecule has 2 atom stereocenters. The van der Waals surface area contributed by atoms with E-state index >= 15 is 0 Å². The van der Waals surface area contributed by atoms with Crippen molar-refractivity contribution in [2.24, 2.45) is 11.8 Å². The number of amides is 1. The summed E-state index contributed by atoms with van der Waals surface area (Å²) in [5, 5.41) is 3.95. The number of esters is 1. The molecule has 43 heavy (non-hydrogen) atoms. The lowest BCUT2D eigenvalue weighted by Gasteiger charge is -2.38. The molecular formula is C37H52N2O4. The summed E-state index contributed by atoms with van der Waals surface area (Å²) in [6.07, 6.45) is 7.22. The van der Waals surface area contributed by atoms with E-state index in [1.165, 1.54) is 17.6 Å². The van der Waals surface area contributed by atoms with E-state index in [9.17, 15) is 9.59 Å². The van der Waals surface area contributed by atoms with Crippen molar-refractivity contribution in [2.75, 3.05) is 0 Å². The van der Waals surface area contributed by atoms with Gasteiger partial charge in [0.15, 0.2) is 0 Å². The Kier molecular flexibility index (Phi) is 10.4. The second-order valence-corrected chi connectivity index (χ2v) is 14.6. The monoisotopic (exact) mass is 588 g/mol. The second-order valence-electron chi connectivity index (χ2n) is 14.6. The van der Waals surface area contributed by atoms with Gasteiger partial charge in [0.05, 0.1) is 5.56 Å². The summed E-state index contributed by atoms with van der Waals surface area (Å²) in [6, 6.07) is 19.1. The van der Waals surface area contributed by atoms with E-state index in [0.29, 0.717) is 36.0 Å². The SMILES string of the molecule is CC(C)/C(=C\c1ccccc1)C1CC1N[C@H]1CC[C@H](N(Cc2ccc(C(=O)OC(C)(C)C)cc2)C(=O)OC(C)(C)C)CC1. The van der Waals surface area contributed by atoms with Crippen molar-refractivity contribution < 1.29 is 19.1 Å². The number of benzene rings is 2. The van der Waals surface area contributed by atoms with Crippen LogP contribution < -0.4 is 5.32 Å². The standard InChI is InChI=1S/C37H52N2O4/c1-25(2)31(22-26-12-10-9-11-13-26)32-23-33(32)38-29-18-20-30(21-19-29)39(35(41)43-37(6,7)8)24-27-14-16-28(17-15-27)34(40)42-36(3,4)5/h9-17,22,25,29-30,32-33,38H,18-21,23-24H2,1-8H3/b31-22+/t29-,30-,32?,33?. The number of ether oxygens (including phenoxy) is 2. The van der Waals surface area contributed by atoms with Gasteiger partial charge in [-0.1, -0.05) is 68.0 Å². The molecular weight excluding hydrogens is 536 g/mol. The van der Waals surface area contributed by atoms with Gasteiger partial charge in [-0.05, 0) is 109 Å². The van der Waals surface area contributed by atoms with Gasteiger partial charge < -0.3 is 19.7 Å². The fourth-order valence-electron chi connectivity index (χ4n) is 5.99. The van der Waals surface area contributed by atoms with Gasteiger partial charge in [0.25, 0.3) is 0 Å². The highest BCUT2D eigenvalue weighted by molar-refractivity contribution is 5.89. The molecule has 1 amide bonds. The highest BCUT2D eigenvalue weighted by Crippen LogP contribution is 2.42. The van der Waals surface area contributed by atoms with Crippen LogP contribution >= 0.6 is 0 Å². The summed E-state index contributed by atoms with van der Waals surface area (Å²) in [4.78, 5) is 27.8. The smallest absolute Gasteiger partial charge is 0.410 e. The molecule has 0 spiro atoms. The van der Waals surface area contributed by atoms with E-state index < -0.39 is 11.2 Å². The van der Waals surface area contributed by atoms with Crippen LogP contribution in [0.1, 0.15) is 109 Å². The van der Waals surface area contributed by atoms with E-state index in [-0.39, 0.29) is 18.1 Å². The zero-order valence-corrected chi connectivity index (χ0v) is 27.5. The molecule has 2 aromatic carbocycles. The number of nitrogens with zero attached hydrogens (tertiary/aromatic N) is 1. The van der Waals surface area contributed by atoms with Gasteiger partial charge >= 0.3 is 12.1 Å². The Morgan fingerprint density at radius 3 is 2.05 bits per heavy atom. The largest absolute Gasteiger partial charge is 0.456 e. The molecule has 0 bridgehead atoms. The first kappa shape index (κ1) is 32.8. The van der Waals surface area contributed by atoms with Crippen molar-refractivity contribution in [1.29, 1.82) is 0 Å². The van der Waals surface area contributed by atoms with Crippen LogP contribution in [0.2, 0.25) is 0 Å². The number of carbonyl (C=O) groups excluding carboxylic acids is 2. The number of nitrogens with one attached hydrogen (secondary N) is 1. The van der Waals surface area contributed by atoms with Crippen molar-refractivity contribution in [1.82, 2.24) is 10.2 Å². The van der Waals surface area contributed by atoms with Crippen LogP contribution in [0.4, 0.5) is 4.79 Å². The maximum atomic E-state index is 13.4. The molecule has 4 rings (SSSR count). The molecule has 2 saturated carbocycles. The molecule has 2 unspecified atom stereocenters. The Morgan fingerprint density at radius 2 is 1.49 bits per heavy atom. The summed E-state index contributed by atoms with van der Waals surface area (Å²) >= 11 is 0. The lowest BCUT2D eigenvalue weighted by atomic mass is 9.89. The highest BCUT2D eigenvalue weighted by atomic mass is 16.6. The Bertz CT molecular complexity index is 1250. The number of hydrogen-bond donors (Lipinski definition) is 1. The first-order chi connectivity index (χ1) is 20.2. The normalized spacial score (nSPS) is 22.7. The van der Waals surface area contributed by atoms with Gasteiger partial charge in [-0.2, -0.15) is 0 Å². The minimum atomic E-state index is -0.572. The lowest BCUT2D eigenvalue weighted by Crippen LogP contribution is -2.47. The van der Waals surface area contributed by atoms with Gasteiger partial charge in [-0.15, -0.1) is 0 Å². The zero-order valence-electron chi connectivity index (χ0n) is 27.5. The van der Waals surface area contributed by atoms with E-state index in [2.05, 4.69) is 55.6 Å². The first-order valence-electron chi connectivity index (χ1n) is 16.0. The minimum absolute atomic E-state index is 0.109. The van der Waals surface area contributed by atoms with Gasteiger partial charge in [0.2, 0.25) is 0 Å². The molecule has 2 aromatic rings.